The fraction of sp³-hybridized carbons (Fsp3) is 0.143. The van der Waals surface area contributed by atoms with Crippen molar-refractivity contribution in [1.82, 2.24) is 0 Å². The van der Waals surface area contributed by atoms with Crippen LogP contribution in [0.4, 0.5) is 0 Å². The number of rotatable bonds is 0. The van der Waals surface area contributed by atoms with Crippen LogP contribution >= 0.6 is 0 Å². The van der Waals surface area contributed by atoms with E-state index in [1.165, 1.54) is 0 Å². The summed E-state index contributed by atoms with van der Waals surface area (Å²) < 4.78 is 0. The average molecular weight is 433 g/mol. The Hall–Kier alpha value is -3.92. The highest BCUT2D eigenvalue weighted by Crippen LogP contribution is 2.16. The predicted octanol–water partition coefficient (Wildman–Crippen LogP) is 6.80. The minimum atomic E-state index is 0.322. The van der Waals surface area contributed by atoms with E-state index >= 15 is 0 Å². The predicted molar refractivity (Wildman–Crippen MR) is 131 cm³/mol. The summed E-state index contributed by atoms with van der Waals surface area (Å²) in [7, 11) is 0. The number of aryl methyl sites for hydroxylation is 4. The van der Waals surface area contributed by atoms with Crippen molar-refractivity contribution < 1.29 is 20.4 Å². The van der Waals surface area contributed by atoms with Crippen LogP contribution in [0.15, 0.2) is 97.1 Å². The second-order valence-electron chi connectivity index (χ2n) is 7.25. The summed E-state index contributed by atoms with van der Waals surface area (Å²) in [5.41, 5.74) is 4.05. The molecule has 32 heavy (non-hydrogen) atoms. The van der Waals surface area contributed by atoms with Crippen LogP contribution in [0.1, 0.15) is 22.3 Å². The van der Waals surface area contributed by atoms with Gasteiger partial charge in [-0.25, -0.2) is 0 Å². The molecule has 0 amide bonds. The number of phenols is 4. The monoisotopic (exact) mass is 432 g/mol. The normalized spacial score (nSPS) is 9.12. The summed E-state index contributed by atoms with van der Waals surface area (Å²) in [5.74, 6) is 1.41. The van der Waals surface area contributed by atoms with Gasteiger partial charge in [0.15, 0.2) is 0 Å². The second kappa shape index (κ2) is 14.1. The fourth-order valence-corrected chi connectivity index (χ4v) is 2.29. The molecule has 4 N–H and O–H groups in total. The third-order valence-electron chi connectivity index (χ3n) is 4.24. The van der Waals surface area contributed by atoms with Crippen LogP contribution in [0.2, 0.25) is 0 Å². The van der Waals surface area contributed by atoms with Crippen molar-refractivity contribution in [3.63, 3.8) is 0 Å². The Kier molecular flexibility index (Phi) is 11.5. The van der Waals surface area contributed by atoms with E-state index in [0.717, 1.165) is 22.3 Å². The van der Waals surface area contributed by atoms with E-state index in [1.54, 1.807) is 60.7 Å². The van der Waals surface area contributed by atoms with Crippen molar-refractivity contribution in [3.05, 3.63) is 119 Å². The first-order valence-corrected chi connectivity index (χ1v) is 10.2. The topological polar surface area (TPSA) is 80.9 Å². The summed E-state index contributed by atoms with van der Waals surface area (Å²) in [6.45, 7) is 7.68. The first kappa shape index (κ1) is 26.1. The molecule has 0 aliphatic heterocycles. The quantitative estimate of drug-likeness (QED) is 0.246. The van der Waals surface area contributed by atoms with Gasteiger partial charge in [0.05, 0.1) is 0 Å². The average Bonchev–Trinajstić information content (AvgIpc) is 2.76. The van der Waals surface area contributed by atoms with Gasteiger partial charge in [0.2, 0.25) is 0 Å². The summed E-state index contributed by atoms with van der Waals surface area (Å²) in [4.78, 5) is 0. The molecule has 4 heteroatoms. The van der Waals surface area contributed by atoms with E-state index in [2.05, 4.69) is 0 Å². The third kappa shape index (κ3) is 11.3. The van der Waals surface area contributed by atoms with Crippen molar-refractivity contribution in [3.8, 4) is 23.0 Å². The molecule has 0 bridgehead atoms. The van der Waals surface area contributed by atoms with Gasteiger partial charge in [0.1, 0.15) is 23.0 Å². The lowest BCUT2D eigenvalue weighted by molar-refractivity contribution is 0.470. The summed E-state index contributed by atoms with van der Waals surface area (Å²) >= 11 is 0. The molecule has 4 rings (SSSR count). The van der Waals surface area contributed by atoms with Crippen LogP contribution in [0.25, 0.3) is 0 Å². The van der Waals surface area contributed by atoms with Crippen LogP contribution in [-0.2, 0) is 0 Å². The van der Waals surface area contributed by atoms with E-state index < -0.39 is 0 Å². The molecule has 0 fully saturated rings. The molecule has 0 atom stereocenters. The molecule has 0 aliphatic carbocycles. The zero-order chi connectivity index (χ0) is 23.9. The van der Waals surface area contributed by atoms with Gasteiger partial charge < -0.3 is 20.4 Å². The smallest absolute Gasteiger partial charge is 0.118 e. The van der Waals surface area contributed by atoms with E-state index in [-0.39, 0.29) is 0 Å². The molecule has 168 valence electrons. The van der Waals surface area contributed by atoms with E-state index in [1.807, 2.05) is 64.1 Å². The van der Waals surface area contributed by atoms with Gasteiger partial charge in [-0.05, 0) is 86.3 Å². The van der Waals surface area contributed by atoms with Gasteiger partial charge in [0, 0.05) is 0 Å². The Morgan fingerprint density at radius 1 is 0.406 bits per heavy atom. The van der Waals surface area contributed by atoms with E-state index in [4.69, 9.17) is 20.4 Å². The Morgan fingerprint density at radius 2 is 0.719 bits per heavy atom. The highest BCUT2D eigenvalue weighted by atomic mass is 16.3. The third-order valence-corrected chi connectivity index (χ3v) is 4.24. The number of hydrogen-bond donors (Lipinski definition) is 4. The van der Waals surface area contributed by atoms with Crippen LogP contribution in [-0.4, -0.2) is 20.4 Å². The van der Waals surface area contributed by atoms with E-state index in [0.29, 0.717) is 23.0 Å². The van der Waals surface area contributed by atoms with Crippen molar-refractivity contribution in [2.24, 2.45) is 0 Å². The van der Waals surface area contributed by atoms with Gasteiger partial charge >= 0.3 is 0 Å². The minimum absolute atomic E-state index is 0.322. The zero-order valence-electron chi connectivity index (χ0n) is 19.0. The van der Waals surface area contributed by atoms with Gasteiger partial charge in [-0.1, -0.05) is 60.7 Å². The van der Waals surface area contributed by atoms with Crippen molar-refractivity contribution in [1.29, 1.82) is 0 Å². The van der Waals surface area contributed by atoms with Gasteiger partial charge in [-0.15, -0.1) is 0 Å². The van der Waals surface area contributed by atoms with Crippen LogP contribution in [0.5, 0.6) is 23.0 Å². The number of phenolic OH excluding ortho intramolecular Hbond substituents is 4. The largest absolute Gasteiger partial charge is 0.508 e. The fourth-order valence-electron chi connectivity index (χ4n) is 2.29. The molecular formula is C28H32O4. The Bertz CT molecular complexity index is 958. The highest BCUT2D eigenvalue weighted by Gasteiger charge is 1.92. The molecule has 0 aliphatic rings. The lowest BCUT2D eigenvalue weighted by Crippen LogP contribution is -1.74. The molecule has 0 unspecified atom stereocenters. The van der Waals surface area contributed by atoms with Crippen molar-refractivity contribution in [2.75, 3.05) is 0 Å². The minimum Gasteiger partial charge on any atom is -0.508 e. The van der Waals surface area contributed by atoms with Crippen LogP contribution in [0.3, 0.4) is 0 Å². The first-order chi connectivity index (χ1) is 15.2. The Labute approximate surface area is 190 Å². The lowest BCUT2D eigenvalue weighted by atomic mass is 10.1. The highest BCUT2D eigenvalue weighted by molar-refractivity contribution is 5.35. The number of aromatic hydroxyl groups is 4. The summed E-state index contributed by atoms with van der Waals surface area (Å²) in [5, 5.41) is 35.5. The van der Waals surface area contributed by atoms with Crippen molar-refractivity contribution >= 4 is 0 Å². The molecule has 0 heterocycles. The van der Waals surface area contributed by atoms with Crippen LogP contribution in [0, 0.1) is 27.7 Å². The zero-order valence-corrected chi connectivity index (χ0v) is 19.0. The molecule has 0 aromatic heterocycles. The number of para-hydroxylation sites is 2. The standard InChI is InChI=1S/2C8H10O.2C6H6O/c2*1-6-3-4-7(2)8(9)5-6;2*7-6-4-2-1-3-5-6/h2*3-5,9H,1-2H3;2*1-5,7H. The lowest BCUT2D eigenvalue weighted by Gasteiger charge is -1.97. The maximum Gasteiger partial charge on any atom is 0.118 e. The number of hydrogen-bond acceptors (Lipinski definition) is 4. The molecule has 4 nitrogen and oxygen atoms in total. The number of benzene rings is 4. The van der Waals surface area contributed by atoms with Gasteiger partial charge in [0.25, 0.3) is 0 Å². The summed E-state index contributed by atoms with van der Waals surface area (Å²) in [6, 6.07) is 28.7. The van der Waals surface area contributed by atoms with Crippen LogP contribution < -0.4 is 0 Å². The molecule has 4 aromatic rings. The molecular weight excluding hydrogens is 400 g/mol. The first-order valence-electron chi connectivity index (χ1n) is 10.2. The molecule has 4 aromatic carbocycles. The molecule has 0 spiro atoms. The Balaban J connectivity index is 0.000000215. The summed E-state index contributed by atoms with van der Waals surface area (Å²) in [6.07, 6.45) is 0. The molecule has 0 radical (unpaired) electrons. The Morgan fingerprint density at radius 3 is 0.906 bits per heavy atom. The van der Waals surface area contributed by atoms with Crippen molar-refractivity contribution in [2.45, 2.75) is 27.7 Å². The molecule has 0 saturated heterocycles. The molecule has 0 saturated carbocycles. The maximum atomic E-state index is 9.10. The second-order valence-corrected chi connectivity index (χ2v) is 7.25. The maximum absolute atomic E-state index is 9.10. The van der Waals surface area contributed by atoms with E-state index in [9.17, 15) is 0 Å². The SMILES string of the molecule is Cc1ccc(C)c(O)c1.Cc1ccc(C)c(O)c1.Oc1ccccc1.Oc1ccccc1. The van der Waals surface area contributed by atoms with Gasteiger partial charge in [-0.2, -0.15) is 0 Å². The van der Waals surface area contributed by atoms with Gasteiger partial charge in [-0.3, -0.25) is 0 Å².